The van der Waals surface area contributed by atoms with Crippen LogP contribution in [0.4, 0.5) is 5.00 Å². The van der Waals surface area contributed by atoms with Gasteiger partial charge in [0.25, 0.3) is 5.91 Å². The Bertz CT molecular complexity index is 795. The van der Waals surface area contributed by atoms with E-state index in [1.807, 2.05) is 24.3 Å². The van der Waals surface area contributed by atoms with Crippen molar-refractivity contribution in [3.63, 3.8) is 0 Å². The van der Waals surface area contributed by atoms with E-state index in [0.29, 0.717) is 17.0 Å². The summed E-state index contributed by atoms with van der Waals surface area (Å²) in [6, 6.07) is 8.02. The second-order valence-electron chi connectivity index (χ2n) is 4.96. The maximum atomic E-state index is 11.7. The molecule has 23 heavy (non-hydrogen) atoms. The number of amides is 2. The molecule has 3 N–H and O–H groups in total. The van der Waals surface area contributed by atoms with Crippen LogP contribution >= 0.6 is 22.9 Å². The molecule has 0 saturated carbocycles. The number of carbonyl (C=O) groups excluding carboxylic acids is 3. The van der Waals surface area contributed by atoms with Crippen molar-refractivity contribution in [3.05, 3.63) is 41.0 Å². The number of hydrogen-bond donors (Lipinski definition) is 2. The summed E-state index contributed by atoms with van der Waals surface area (Å²) in [7, 11) is 0. The highest BCUT2D eigenvalue weighted by atomic mass is 35.5. The van der Waals surface area contributed by atoms with E-state index in [1.54, 1.807) is 0 Å². The molecule has 0 atom stereocenters. The summed E-state index contributed by atoms with van der Waals surface area (Å²) >= 11 is 6.05. The fourth-order valence-electron chi connectivity index (χ4n) is 2.45. The smallest absolute Gasteiger partial charge is 0.252 e. The van der Waals surface area contributed by atoms with Crippen molar-refractivity contribution < 1.29 is 14.4 Å². The first-order valence-electron chi connectivity index (χ1n) is 6.78. The average Bonchev–Trinajstić information content (AvgIpc) is 2.92. The third-order valence-electron chi connectivity index (χ3n) is 3.17. The minimum atomic E-state index is -0.492. The van der Waals surface area contributed by atoms with E-state index in [9.17, 15) is 14.4 Å². The highest BCUT2D eigenvalue weighted by Gasteiger charge is 2.29. The molecule has 0 radical (unpaired) electrons. The normalized spacial score (nSPS) is 10.9. The molecule has 0 saturated heterocycles. The molecule has 1 aromatic carbocycles. The zero-order chi connectivity index (χ0) is 17.1. The molecule has 5 nitrogen and oxygen atoms in total. The predicted octanol–water partition coefficient (Wildman–Crippen LogP) is 3.15. The fraction of sp³-hybridized carbons (Fsp3) is 0.188. The van der Waals surface area contributed by atoms with Gasteiger partial charge in [-0.1, -0.05) is 24.3 Å². The van der Waals surface area contributed by atoms with Gasteiger partial charge in [-0.15, -0.1) is 11.3 Å². The molecule has 0 fully saturated rings. The minimum Gasteiger partial charge on any atom is -0.365 e. The van der Waals surface area contributed by atoms with Crippen molar-refractivity contribution in [3.8, 4) is 10.4 Å². The molecule has 0 unspecified atom stereocenters. The zero-order valence-electron chi connectivity index (χ0n) is 12.6. The van der Waals surface area contributed by atoms with Crippen LogP contribution in [0.2, 0.25) is 0 Å². The van der Waals surface area contributed by atoms with Crippen molar-refractivity contribution in [2.24, 2.45) is 5.73 Å². The topological polar surface area (TPSA) is 89.3 Å². The number of fused-ring (bicyclic) bond motifs is 3. The maximum absolute atomic E-state index is 11.7. The number of primary amides is 1. The Morgan fingerprint density at radius 3 is 2.39 bits per heavy atom. The van der Waals surface area contributed by atoms with Crippen molar-refractivity contribution >= 4 is 45.0 Å². The number of thiophene rings is 1. The molecule has 1 heterocycles. The lowest BCUT2D eigenvalue weighted by Gasteiger charge is -2.03. The van der Waals surface area contributed by atoms with E-state index in [0.717, 1.165) is 16.0 Å². The average molecular weight is 351 g/mol. The molecule has 1 aliphatic rings. The Labute approximate surface area is 142 Å². The molecule has 3 rings (SSSR count). The maximum Gasteiger partial charge on any atom is 0.252 e. The monoisotopic (exact) mass is 350 g/mol. The van der Waals surface area contributed by atoms with Crippen molar-refractivity contribution in [1.82, 2.24) is 0 Å². The van der Waals surface area contributed by atoms with Crippen LogP contribution in [-0.2, 0) is 16.0 Å². The van der Waals surface area contributed by atoms with Crippen LogP contribution in [0.5, 0.6) is 0 Å². The quantitative estimate of drug-likeness (QED) is 0.696. The molecule has 0 bridgehead atoms. The summed E-state index contributed by atoms with van der Waals surface area (Å²) in [6.45, 7) is 2.71. The van der Waals surface area contributed by atoms with Crippen LogP contribution in [-0.4, -0.2) is 17.1 Å². The van der Waals surface area contributed by atoms with E-state index in [4.69, 9.17) is 5.73 Å². The van der Waals surface area contributed by atoms with Gasteiger partial charge in [-0.05, 0) is 28.3 Å². The van der Waals surface area contributed by atoms with Gasteiger partial charge in [0.2, 0.25) is 11.1 Å². The molecule has 1 aromatic heterocycles. The summed E-state index contributed by atoms with van der Waals surface area (Å²) in [5.41, 5.74) is 9.16. The van der Waals surface area contributed by atoms with E-state index >= 15 is 0 Å². The largest absolute Gasteiger partial charge is 0.365 e. The van der Waals surface area contributed by atoms with Crippen molar-refractivity contribution in [2.45, 2.75) is 20.3 Å². The van der Waals surface area contributed by atoms with Crippen LogP contribution in [0, 0.1) is 0 Å². The lowest BCUT2D eigenvalue weighted by Crippen LogP contribution is -2.16. The van der Waals surface area contributed by atoms with E-state index in [-0.39, 0.29) is 11.1 Å². The number of nitrogens with two attached hydrogens (primary N) is 1. The van der Waals surface area contributed by atoms with E-state index < -0.39 is 5.91 Å². The Morgan fingerprint density at radius 1 is 1.22 bits per heavy atom. The van der Waals surface area contributed by atoms with Gasteiger partial charge >= 0.3 is 0 Å². The van der Waals surface area contributed by atoms with Gasteiger partial charge in [0.15, 0.2) is 0 Å². The third kappa shape index (κ3) is 3.78. The summed E-state index contributed by atoms with van der Waals surface area (Å²) in [5.74, 6) is -0.690. The highest BCUT2D eigenvalue weighted by molar-refractivity contribution is 7.20. The Balaban J connectivity index is 0.000000433. The number of rotatable bonds is 2. The SMILES string of the molecule is CC(=O)Cl.CC(=O)Nc1sc2c(c1C(N)=O)Cc1ccccc1-2. The van der Waals surface area contributed by atoms with Crippen LogP contribution in [0.1, 0.15) is 35.3 Å². The lowest BCUT2D eigenvalue weighted by molar-refractivity contribution is -0.114. The fourth-order valence-corrected chi connectivity index (χ4v) is 3.78. The van der Waals surface area contributed by atoms with Crippen LogP contribution < -0.4 is 11.1 Å². The number of nitrogens with one attached hydrogen (secondary N) is 1. The van der Waals surface area contributed by atoms with Gasteiger partial charge in [-0.3, -0.25) is 14.4 Å². The van der Waals surface area contributed by atoms with Crippen LogP contribution in [0.15, 0.2) is 24.3 Å². The molecule has 2 aromatic rings. The van der Waals surface area contributed by atoms with Crippen LogP contribution in [0.25, 0.3) is 10.4 Å². The Morgan fingerprint density at radius 2 is 1.83 bits per heavy atom. The van der Waals surface area contributed by atoms with Crippen molar-refractivity contribution in [2.75, 3.05) is 5.32 Å². The first-order chi connectivity index (χ1) is 10.8. The van der Waals surface area contributed by atoms with Gasteiger partial charge < -0.3 is 11.1 Å². The van der Waals surface area contributed by atoms with E-state index in [1.165, 1.54) is 30.7 Å². The first kappa shape index (κ1) is 17.2. The van der Waals surface area contributed by atoms with E-state index in [2.05, 4.69) is 16.9 Å². The molecule has 1 aliphatic carbocycles. The Hall–Kier alpha value is -2.18. The van der Waals surface area contributed by atoms with Gasteiger partial charge in [-0.2, -0.15) is 0 Å². The molecule has 0 aliphatic heterocycles. The summed E-state index contributed by atoms with van der Waals surface area (Å²) in [4.78, 5) is 33.1. The van der Waals surface area contributed by atoms with Gasteiger partial charge in [0, 0.05) is 25.1 Å². The molecular formula is C16H15ClN2O3S. The molecular weight excluding hydrogens is 336 g/mol. The second kappa shape index (κ2) is 6.93. The number of benzene rings is 1. The van der Waals surface area contributed by atoms with Gasteiger partial charge in [0.05, 0.1) is 5.56 Å². The third-order valence-corrected chi connectivity index (χ3v) is 4.35. The molecule has 7 heteroatoms. The summed E-state index contributed by atoms with van der Waals surface area (Å²) in [5, 5.41) is 2.89. The molecule has 120 valence electrons. The number of hydrogen-bond acceptors (Lipinski definition) is 4. The number of halogens is 1. The predicted molar refractivity (Wildman–Crippen MR) is 91.9 cm³/mol. The number of carbonyl (C=O) groups is 3. The first-order valence-corrected chi connectivity index (χ1v) is 7.98. The number of anilines is 1. The highest BCUT2D eigenvalue weighted by Crippen LogP contribution is 2.47. The molecule has 2 amide bonds. The van der Waals surface area contributed by atoms with Gasteiger partial charge in [-0.25, -0.2) is 0 Å². The zero-order valence-corrected chi connectivity index (χ0v) is 14.2. The molecule has 0 spiro atoms. The van der Waals surface area contributed by atoms with Crippen molar-refractivity contribution in [1.29, 1.82) is 0 Å². The van der Waals surface area contributed by atoms with Gasteiger partial charge in [0.1, 0.15) is 5.00 Å². The summed E-state index contributed by atoms with van der Waals surface area (Å²) in [6.07, 6.45) is 0.694. The summed E-state index contributed by atoms with van der Waals surface area (Å²) < 4.78 is 0. The van der Waals surface area contributed by atoms with Crippen LogP contribution in [0.3, 0.4) is 0 Å². The second-order valence-corrected chi connectivity index (χ2v) is 6.52. The minimum absolute atomic E-state index is 0.198. The lowest BCUT2D eigenvalue weighted by atomic mass is 10.1. The standard InChI is InChI=1S/C14H12N2O2S.C2H3ClO/c1-7(17)16-14-11(13(15)18)10-6-8-4-2-3-5-9(8)12(10)19-14;1-2(3)4/h2-5H,6H2,1H3,(H2,15,18)(H,16,17);1H3. The Kier molecular flexibility index (Phi) is 5.18.